The van der Waals surface area contributed by atoms with Gasteiger partial charge in [-0.15, -0.1) is 0 Å². The fourth-order valence-corrected chi connectivity index (χ4v) is 9.52. The van der Waals surface area contributed by atoms with E-state index in [1.54, 1.807) is 5.57 Å². The van der Waals surface area contributed by atoms with Gasteiger partial charge < -0.3 is 0 Å². The zero-order chi connectivity index (χ0) is 26.3. The number of halogens is 1. The molecular weight excluding hydrogens is 466 g/mol. The SMILES string of the molecule is CC(C)CCC[C@@H](C)[C@H]1CC[C@H]2[C@@H]3CC=C4C[C@@H](ON(CC(C)C)C(=O)Cl)CC[C@]4(C)[C@H]3CC[C@]12C. The highest BCUT2D eigenvalue weighted by atomic mass is 35.5. The third-order valence-electron chi connectivity index (χ3n) is 11.3. The number of hydrogen-bond donors (Lipinski definition) is 0. The van der Waals surface area contributed by atoms with Crippen LogP contribution in [0.25, 0.3) is 0 Å². The van der Waals surface area contributed by atoms with Gasteiger partial charge in [-0.3, -0.25) is 9.63 Å². The Morgan fingerprint density at radius 2 is 1.78 bits per heavy atom. The summed E-state index contributed by atoms with van der Waals surface area (Å²) in [6, 6.07) is 0. The number of hydrogen-bond acceptors (Lipinski definition) is 2. The van der Waals surface area contributed by atoms with Gasteiger partial charge in [0.1, 0.15) is 0 Å². The lowest BCUT2D eigenvalue weighted by Crippen LogP contribution is -2.51. The van der Waals surface area contributed by atoms with Crippen LogP contribution in [-0.4, -0.2) is 23.1 Å². The maximum atomic E-state index is 11.9. The molecule has 3 fully saturated rings. The van der Waals surface area contributed by atoms with E-state index in [-0.39, 0.29) is 6.10 Å². The molecule has 0 unspecified atom stereocenters. The number of rotatable bonds is 9. The highest BCUT2D eigenvalue weighted by Gasteiger charge is 2.59. The van der Waals surface area contributed by atoms with Gasteiger partial charge in [-0.1, -0.05) is 79.4 Å². The maximum Gasteiger partial charge on any atom is 0.340 e. The Kier molecular flexibility index (Phi) is 8.93. The fourth-order valence-electron chi connectivity index (χ4n) is 9.41. The molecule has 0 bridgehead atoms. The number of fused-ring (bicyclic) bond motifs is 5. The molecule has 0 heterocycles. The molecule has 4 aliphatic carbocycles. The molecule has 0 aliphatic heterocycles. The van der Waals surface area contributed by atoms with E-state index < -0.39 is 5.37 Å². The Labute approximate surface area is 227 Å². The molecule has 36 heavy (non-hydrogen) atoms. The predicted octanol–water partition coefficient (Wildman–Crippen LogP) is 9.64. The van der Waals surface area contributed by atoms with Gasteiger partial charge in [0, 0.05) is 0 Å². The molecule has 0 radical (unpaired) electrons. The van der Waals surface area contributed by atoms with Crippen molar-refractivity contribution in [1.29, 1.82) is 0 Å². The van der Waals surface area contributed by atoms with Gasteiger partial charge in [0.25, 0.3) is 0 Å². The molecule has 0 aromatic carbocycles. The molecule has 3 nitrogen and oxygen atoms in total. The number of carbonyl (C=O) groups excluding carboxylic acids is 1. The Balaban J connectivity index is 1.43. The monoisotopic (exact) mass is 519 g/mol. The zero-order valence-electron chi connectivity index (χ0n) is 24.3. The highest BCUT2D eigenvalue weighted by Crippen LogP contribution is 2.67. The van der Waals surface area contributed by atoms with Crippen molar-refractivity contribution in [2.45, 2.75) is 125 Å². The Morgan fingerprint density at radius 3 is 2.44 bits per heavy atom. The van der Waals surface area contributed by atoms with Crippen molar-refractivity contribution in [1.82, 2.24) is 5.06 Å². The minimum atomic E-state index is -0.490. The molecule has 0 N–H and O–H groups in total. The third kappa shape index (κ3) is 5.58. The van der Waals surface area contributed by atoms with E-state index in [0.717, 1.165) is 48.3 Å². The van der Waals surface area contributed by atoms with Crippen LogP contribution in [0.3, 0.4) is 0 Å². The van der Waals surface area contributed by atoms with Gasteiger partial charge >= 0.3 is 5.37 Å². The smallest absolute Gasteiger partial charge is 0.266 e. The van der Waals surface area contributed by atoms with Gasteiger partial charge in [0.15, 0.2) is 0 Å². The number of amides is 1. The van der Waals surface area contributed by atoms with Crippen molar-refractivity contribution in [3.05, 3.63) is 11.6 Å². The fraction of sp³-hybridized carbons (Fsp3) is 0.906. The van der Waals surface area contributed by atoms with Gasteiger partial charge in [0.2, 0.25) is 0 Å². The van der Waals surface area contributed by atoms with Crippen molar-refractivity contribution in [2.75, 3.05) is 6.54 Å². The van der Waals surface area contributed by atoms with Crippen molar-refractivity contribution in [3.8, 4) is 0 Å². The van der Waals surface area contributed by atoms with Crippen molar-refractivity contribution >= 4 is 17.0 Å². The topological polar surface area (TPSA) is 29.5 Å². The average Bonchev–Trinajstić information content (AvgIpc) is 3.15. The molecule has 1 amide bonds. The molecule has 8 atom stereocenters. The van der Waals surface area contributed by atoms with E-state index in [4.69, 9.17) is 16.4 Å². The van der Waals surface area contributed by atoms with E-state index in [9.17, 15) is 4.79 Å². The lowest BCUT2D eigenvalue weighted by atomic mass is 9.47. The summed E-state index contributed by atoms with van der Waals surface area (Å²) in [6.45, 7) is 17.3. The summed E-state index contributed by atoms with van der Waals surface area (Å²) in [5.74, 6) is 5.51. The third-order valence-corrected chi connectivity index (χ3v) is 11.5. The van der Waals surface area contributed by atoms with Crippen LogP contribution in [0.15, 0.2) is 11.6 Å². The quantitative estimate of drug-likeness (QED) is 0.131. The Hall–Kier alpha value is -0.540. The van der Waals surface area contributed by atoms with Gasteiger partial charge in [-0.05, 0) is 115 Å². The number of nitrogens with zero attached hydrogens (tertiary/aromatic N) is 1. The minimum absolute atomic E-state index is 0.0683. The Morgan fingerprint density at radius 1 is 1.03 bits per heavy atom. The van der Waals surface area contributed by atoms with Crippen molar-refractivity contribution < 1.29 is 9.63 Å². The molecule has 4 rings (SSSR count). The van der Waals surface area contributed by atoms with Crippen molar-refractivity contribution in [3.63, 3.8) is 0 Å². The van der Waals surface area contributed by atoms with Crippen LogP contribution >= 0.6 is 11.6 Å². The summed E-state index contributed by atoms with van der Waals surface area (Å²) >= 11 is 5.85. The zero-order valence-corrected chi connectivity index (χ0v) is 25.1. The first-order chi connectivity index (χ1) is 17.0. The van der Waals surface area contributed by atoms with Crippen LogP contribution in [0.4, 0.5) is 4.79 Å². The second-order valence-electron chi connectivity index (χ2n) is 14.5. The predicted molar refractivity (Wildman–Crippen MR) is 151 cm³/mol. The lowest BCUT2D eigenvalue weighted by molar-refractivity contribution is -0.171. The molecule has 3 saturated carbocycles. The molecule has 206 valence electrons. The normalized spacial score (nSPS) is 38.8. The van der Waals surface area contributed by atoms with Crippen LogP contribution in [0.5, 0.6) is 0 Å². The second-order valence-corrected chi connectivity index (χ2v) is 14.8. The van der Waals surface area contributed by atoms with E-state index in [0.29, 0.717) is 23.3 Å². The van der Waals surface area contributed by atoms with Gasteiger partial charge in [-0.25, -0.2) is 5.06 Å². The van der Waals surface area contributed by atoms with E-state index in [1.807, 2.05) is 0 Å². The van der Waals surface area contributed by atoms with E-state index in [1.165, 1.54) is 62.9 Å². The van der Waals surface area contributed by atoms with Crippen LogP contribution in [-0.2, 0) is 4.84 Å². The number of carbonyl (C=O) groups is 1. The molecule has 0 saturated heterocycles. The van der Waals surface area contributed by atoms with Gasteiger partial charge in [0.05, 0.1) is 12.6 Å². The maximum absolute atomic E-state index is 11.9. The molecule has 0 aromatic rings. The molecule has 0 aromatic heterocycles. The number of hydroxylamine groups is 2. The van der Waals surface area contributed by atoms with Gasteiger partial charge in [-0.2, -0.15) is 0 Å². The number of allylic oxidation sites excluding steroid dienone is 1. The van der Waals surface area contributed by atoms with Crippen LogP contribution in [0, 0.1) is 52.3 Å². The Bertz CT molecular complexity index is 808. The highest BCUT2D eigenvalue weighted by molar-refractivity contribution is 6.62. The summed E-state index contributed by atoms with van der Waals surface area (Å²) in [7, 11) is 0. The first-order valence-electron chi connectivity index (χ1n) is 15.3. The van der Waals surface area contributed by atoms with Crippen LogP contribution in [0.2, 0.25) is 0 Å². The largest absolute Gasteiger partial charge is 0.340 e. The van der Waals surface area contributed by atoms with Crippen LogP contribution in [0.1, 0.15) is 119 Å². The second kappa shape index (κ2) is 11.3. The molecular formula is C32H54ClNO2. The summed E-state index contributed by atoms with van der Waals surface area (Å²) in [5, 5.41) is 0.911. The minimum Gasteiger partial charge on any atom is -0.266 e. The van der Waals surface area contributed by atoms with E-state index >= 15 is 0 Å². The summed E-state index contributed by atoms with van der Waals surface area (Å²) in [4.78, 5) is 18.1. The summed E-state index contributed by atoms with van der Waals surface area (Å²) in [6.07, 6.45) is 17.0. The van der Waals surface area contributed by atoms with Crippen molar-refractivity contribution in [2.24, 2.45) is 52.3 Å². The van der Waals surface area contributed by atoms with Crippen LogP contribution < -0.4 is 0 Å². The first-order valence-corrected chi connectivity index (χ1v) is 15.7. The molecule has 0 spiro atoms. The molecule has 4 aliphatic rings. The van der Waals surface area contributed by atoms with E-state index in [2.05, 4.69) is 54.5 Å². The first kappa shape index (κ1) is 28.5. The standard InChI is InChI=1S/C32H54ClNO2/c1-21(2)9-8-10-23(5)27-13-14-28-26-12-11-24-19-25(36-34(30(33)35)20-22(3)4)15-17-31(24,6)29(26)16-18-32(27,28)7/h11,21-23,25-29H,8-10,12-20H2,1-7H3/t23-,25+,26+,27-,28+,29+,31+,32-/m1/s1. The summed E-state index contributed by atoms with van der Waals surface area (Å²) in [5.41, 5.74) is 2.45. The average molecular weight is 520 g/mol. The summed E-state index contributed by atoms with van der Waals surface area (Å²) < 4.78 is 0. The molecule has 4 heteroatoms. The lowest BCUT2D eigenvalue weighted by Gasteiger charge is -2.58.